The van der Waals surface area contributed by atoms with E-state index < -0.39 is 6.04 Å². The highest BCUT2D eigenvalue weighted by molar-refractivity contribution is 7.99. The molecule has 2 amide bonds. The Morgan fingerprint density at radius 3 is 2.41 bits per heavy atom. The molecular weight excluding hydrogens is 420 g/mol. The van der Waals surface area contributed by atoms with Gasteiger partial charge in [0.25, 0.3) is 0 Å². The van der Waals surface area contributed by atoms with E-state index in [-0.39, 0.29) is 11.8 Å². The van der Waals surface area contributed by atoms with Crippen molar-refractivity contribution >= 4 is 23.6 Å². The topological polar surface area (TPSA) is 58.6 Å². The summed E-state index contributed by atoms with van der Waals surface area (Å²) >= 11 is 1.58. The lowest BCUT2D eigenvalue weighted by Crippen LogP contribution is -2.50. The van der Waals surface area contributed by atoms with Crippen LogP contribution in [0.1, 0.15) is 43.9 Å². The number of methoxy groups -OCH3 is 1. The van der Waals surface area contributed by atoms with Crippen LogP contribution in [0.5, 0.6) is 5.75 Å². The standard InChI is InChI=1S/C26H36N2O3S/c1-6-24(26(30)27-15-19(2)3)28(16-21-10-12-23(31-5)13-11-21)25(29)18-32-17-22-9-7-8-20(4)14-22/h7-14,19,24H,6,15-18H2,1-5H3,(H,27,30)/t24-/m1/s1. The number of carbonyl (C=O) groups excluding carboxylic acids is 2. The van der Waals surface area contributed by atoms with E-state index in [4.69, 9.17) is 4.74 Å². The Bertz CT molecular complexity index is 868. The van der Waals surface area contributed by atoms with Gasteiger partial charge in [-0.1, -0.05) is 62.7 Å². The van der Waals surface area contributed by atoms with E-state index in [9.17, 15) is 9.59 Å². The molecule has 1 N–H and O–H groups in total. The molecule has 1 atom stereocenters. The summed E-state index contributed by atoms with van der Waals surface area (Å²) < 4.78 is 5.24. The molecule has 32 heavy (non-hydrogen) atoms. The molecule has 0 fully saturated rings. The van der Waals surface area contributed by atoms with Crippen molar-refractivity contribution in [1.29, 1.82) is 0 Å². The van der Waals surface area contributed by atoms with Crippen LogP contribution in [0.4, 0.5) is 0 Å². The fraction of sp³-hybridized carbons (Fsp3) is 0.462. The SMILES string of the molecule is CC[C@H](C(=O)NCC(C)C)N(Cc1ccc(OC)cc1)C(=O)CSCc1cccc(C)c1. The Morgan fingerprint density at radius 2 is 1.81 bits per heavy atom. The van der Waals surface area contributed by atoms with Gasteiger partial charge >= 0.3 is 0 Å². The average Bonchev–Trinajstić information content (AvgIpc) is 2.78. The monoisotopic (exact) mass is 456 g/mol. The van der Waals surface area contributed by atoms with E-state index >= 15 is 0 Å². The molecule has 0 heterocycles. The van der Waals surface area contributed by atoms with Crippen molar-refractivity contribution < 1.29 is 14.3 Å². The van der Waals surface area contributed by atoms with E-state index in [1.165, 1.54) is 11.1 Å². The van der Waals surface area contributed by atoms with Crippen LogP contribution in [0.25, 0.3) is 0 Å². The van der Waals surface area contributed by atoms with Crippen LogP contribution in [0.3, 0.4) is 0 Å². The lowest BCUT2D eigenvalue weighted by atomic mass is 10.1. The summed E-state index contributed by atoms with van der Waals surface area (Å²) in [4.78, 5) is 27.9. The van der Waals surface area contributed by atoms with Gasteiger partial charge in [0.2, 0.25) is 11.8 Å². The molecule has 0 aliphatic carbocycles. The predicted molar refractivity (Wildman–Crippen MR) is 133 cm³/mol. The summed E-state index contributed by atoms with van der Waals surface area (Å²) in [7, 11) is 1.63. The number of amides is 2. The van der Waals surface area contributed by atoms with Crippen LogP contribution in [-0.4, -0.2) is 42.2 Å². The van der Waals surface area contributed by atoms with E-state index in [0.29, 0.717) is 31.2 Å². The number of aryl methyl sites for hydroxylation is 1. The van der Waals surface area contributed by atoms with Crippen LogP contribution in [0, 0.1) is 12.8 Å². The van der Waals surface area contributed by atoms with Crippen molar-refractivity contribution in [2.45, 2.75) is 52.5 Å². The first kappa shape index (κ1) is 25.8. The number of ether oxygens (including phenoxy) is 1. The Hall–Kier alpha value is -2.47. The maximum atomic E-state index is 13.3. The first-order chi connectivity index (χ1) is 15.3. The molecule has 2 aromatic rings. The molecule has 2 rings (SSSR count). The van der Waals surface area contributed by atoms with Gasteiger partial charge in [0.1, 0.15) is 11.8 Å². The summed E-state index contributed by atoms with van der Waals surface area (Å²) in [5, 5.41) is 3.00. The third-order valence-corrected chi connectivity index (χ3v) is 6.15. The highest BCUT2D eigenvalue weighted by Gasteiger charge is 2.28. The number of rotatable bonds is 12. The summed E-state index contributed by atoms with van der Waals surface area (Å²) in [6.07, 6.45) is 0.564. The zero-order valence-corrected chi connectivity index (χ0v) is 20.7. The molecule has 0 radical (unpaired) electrons. The van der Waals surface area contributed by atoms with Gasteiger partial charge in [-0.3, -0.25) is 9.59 Å². The van der Waals surface area contributed by atoms with Gasteiger partial charge in [-0.15, -0.1) is 11.8 Å². The minimum absolute atomic E-state index is 0.0231. The van der Waals surface area contributed by atoms with Gasteiger partial charge in [-0.2, -0.15) is 0 Å². The minimum Gasteiger partial charge on any atom is -0.497 e. The fourth-order valence-electron chi connectivity index (χ4n) is 3.41. The third-order valence-electron chi connectivity index (χ3n) is 5.16. The number of benzene rings is 2. The summed E-state index contributed by atoms with van der Waals surface area (Å²) in [6, 6.07) is 15.5. The van der Waals surface area contributed by atoms with Crippen LogP contribution < -0.4 is 10.1 Å². The maximum absolute atomic E-state index is 13.3. The Balaban J connectivity index is 2.12. The van der Waals surface area contributed by atoms with Crippen LogP contribution in [0.15, 0.2) is 48.5 Å². The predicted octanol–water partition coefficient (Wildman–Crippen LogP) is 4.82. The van der Waals surface area contributed by atoms with Crippen molar-refractivity contribution in [2.24, 2.45) is 5.92 Å². The highest BCUT2D eigenvalue weighted by atomic mass is 32.2. The summed E-state index contributed by atoms with van der Waals surface area (Å²) in [6.45, 7) is 9.13. The van der Waals surface area contributed by atoms with E-state index in [1.807, 2.05) is 37.3 Å². The molecule has 0 spiro atoms. The number of hydrogen-bond donors (Lipinski definition) is 1. The second-order valence-electron chi connectivity index (χ2n) is 8.41. The maximum Gasteiger partial charge on any atom is 0.242 e. The molecule has 0 saturated carbocycles. The second kappa shape index (κ2) is 13.2. The van der Waals surface area contributed by atoms with Crippen molar-refractivity contribution in [3.05, 3.63) is 65.2 Å². The average molecular weight is 457 g/mol. The van der Waals surface area contributed by atoms with Gasteiger partial charge in [-0.25, -0.2) is 0 Å². The molecule has 2 aromatic carbocycles. The molecule has 174 valence electrons. The lowest BCUT2D eigenvalue weighted by Gasteiger charge is -2.31. The number of nitrogens with one attached hydrogen (secondary N) is 1. The van der Waals surface area contributed by atoms with Gasteiger partial charge in [0, 0.05) is 18.8 Å². The molecule has 6 heteroatoms. The summed E-state index contributed by atoms with van der Waals surface area (Å²) in [5.41, 5.74) is 3.38. The number of carbonyl (C=O) groups is 2. The molecule has 0 unspecified atom stereocenters. The van der Waals surface area contributed by atoms with E-state index in [0.717, 1.165) is 17.1 Å². The van der Waals surface area contributed by atoms with Gasteiger partial charge < -0.3 is 15.0 Å². The number of hydrogen-bond acceptors (Lipinski definition) is 4. The molecule has 0 aliphatic heterocycles. The first-order valence-electron chi connectivity index (χ1n) is 11.2. The molecule has 0 bridgehead atoms. The van der Waals surface area contributed by atoms with Crippen LogP contribution in [0.2, 0.25) is 0 Å². The molecule has 0 aromatic heterocycles. The molecule has 5 nitrogen and oxygen atoms in total. The van der Waals surface area contributed by atoms with Crippen molar-refractivity contribution in [1.82, 2.24) is 10.2 Å². The van der Waals surface area contributed by atoms with Gasteiger partial charge in [0.05, 0.1) is 12.9 Å². The van der Waals surface area contributed by atoms with E-state index in [1.54, 1.807) is 23.8 Å². The van der Waals surface area contributed by atoms with Crippen molar-refractivity contribution in [2.75, 3.05) is 19.4 Å². The smallest absolute Gasteiger partial charge is 0.242 e. The number of thioether (sulfide) groups is 1. The Labute approximate surface area is 196 Å². The Kier molecular flexibility index (Phi) is 10.6. The zero-order chi connectivity index (χ0) is 23.5. The quantitative estimate of drug-likeness (QED) is 0.498. The third kappa shape index (κ3) is 8.23. The van der Waals surface area contributed by atoms with Crippen molar-refractivity contribution in [3.63, 3.8) is 0 Å². The van der Waals surface area contributed by atoms with Crippen LogP contribution >= 0.6 is 11.8 Å². The van der Waals surface area contributed by atoms with Gasteiger partial charge in [-0.05, 0) is 42.5 Å². The Morgan fingerprint density at radius 1 is 1.09 bits per heavy atom. The van der Waals surface area contributed by atoms with Crippen molar-refractivity contribution in [3.8, 4) is 5.75 Å². The lowest BCUT2D eigenvalue weighted by molar-refractivity contribution is -0.139. The van der Waals surface area contributed by atoms with Crippen LogP contribution in [-0.2, 0) is 21.9 Å². The van der Waals surface area contributed by atoms with E-state index in [2.05, 4.69) is 44.3 Å². The highest BCUT2D eigenvalue weighted by Crippen LogP contribution is 2.19. The second-order valence-corrected chi connectivity index (χ2v) is 9.40. The largest absolute Gasteiger partial charge is 0.497 e. The zero-order valence-electron chi connectivity index (χ0n) is 19.9. The molecule has 0 saturated heterocycles. The summed E-state index contributed by atoms with van der Waals surface area (Å²) in [5.74, 6) is 2.10. The first-order valence-corrected chi connectivity index (χ1v) is 12.3. The molecular formula is C26H36N2O3S. The fourth-order valence-corrected chi connectivity index (χ4v) is 4.27. The minimum atomic E-state index is -0.497. The van der Waals surface area contributed by atoms with Gasteiger partial charge in [0.15, 0.2) is 0 Å². The number of nitrogens with zero attached hydrogens (tertiary/aromatic N) is 1. The normalized spacial score (nSPS) is 11.8. The molecule has 0 aliphatic rings.